The molecule has 336 valence electrons. The van der Waals surface area contributed by atoms with Crippen LogP contribution in [0.1, 0.15) is 56.2 Å². The molecule has 0 amide bonds. The summed E-state index contributed by atoms with van der Waals surface area (Å²) in [5.41, 5.74) is 17.4. The van der Waals surface area contributed by atoms with Crippen LogP contribution in [-0.2, 0) is 32.9 Å². The Morgan fingerprint density at radius 1 is 0.559 bits per heavy atom. The molecule has 4 nitrogen and oxygen atoms in total. The molecule has 68 heavy (non-hydrogen) atoms. The molecular weight excluding hydrogens is 1010 g/mol. The molecular formula is C63H52N3OPt-. The fourth-order valence-electron chi connectivity index (χ4n) is 10.2. The minimum absolute atomic E-state index is 0. The Morgan fingerprint density at radius 2 is 1.19 bits per heavy atom. The van der Waals surface area contributed by atoms with Crippen LogP contribution in [-0.4, -0.2) is 19.6 Å². The first-order chi connectivity index (χ1) is 32.9. The van der Waals surface area contributed by atoms with Gasteiger partial charge in [0.25, 0.3) is 0 Å². The summed E-state index contributed by atoms with van der Waals surface area (Å²) in [6, 6.07) is 74.2. The van der Waals surface area contributed by atoms with Crippen molar-refractivity contribution in [3.8, 4) is 78.6 Å². The standard InChI is InChI=1S/C63H52N3O.Pt/c1-63(2,52-25-10-5-11-26-52)53-27-16-24-47(41-53)48-34-35-64-57(42-48)51-39-49(45-20-6-3-7-21-45)38-50(40-51)54-29-17-30-59-61(54)65-62(55-28-14-15-31-60(55)67)66(59)58-33-32-44(36-43-18-12-13-19-43)37-56(58)46-22-8-4-9-23-46;/h3-11,14-17,20-35,37-39,41-43,67H,12-13,18-19,36H2,1-2H3;/q-1;. The van der Waals surface area contributed by atoms with Gasteiger partial charge in [-0.25, -0.2) is 4.98 Å². The number of hydrogen-bond acceptors (Lipinski definition) is 3. The number of fused-ring (bicyclic) bond motifs is 1. The Hall–Kier alpha value is -7.13. The van der Waals surface area contributed by atoms with Gasteiger partial charge in [0.1, 0.15) is 11.6 Å². The third-order valence-electron chi connectivity index (χ3n) is 13.9. The summed E-state index contributed by atoms with van der Waals surface area (Å²) in [5, 5.41) is 11.5. The Kier molecular flexibility index (Phi) is 12.6. The Morgan fingerprint density at radius 3 is 1.96 bits per heavy atom. The number of hydrogen-bond donors (Lipinski definition) is 1. The molecule has 0 radical (unpaired) electrons. The van der Waals surface area contributed by atoms with Crippen LogP contribution in [0.15, 0.2) is 206 Å². The second-order valence-electron chi connectivity index (χ2n) is 18.6. The van der Waals surface area contributed by atoms with E-state index in [1.807, 2.05) is 24.4 Å². The molecule has 0 aliphatic heterocycles. The third-order valence-corrected chi connectivity index (χ3v) is 13.9. The number of aromatic hydroxyl groups is 1. The van der Waals surface area contributed by atoms with E-state index in [0.29, 0.717) is 11.4 Å². The molecule has 1 fully saturated rings. The fraction of sp³-hybridized carbons (Fsp3) is 0.143. The first-order valence-electron chi connectivity index (χ1n) is 23.6. The van der Waals surface area contributed by atoms with Gasteiger partial charge in [0, 0.05) is 43.9 Å². The molecule has 0 saturated heterocycles. The van der Waals surface area contributed by atoms with Gasteiger partial charge in [0.05, 0.1) is 22.3 Å². The van der Waals surface area contributed by atoms with Crippen molar-refractivity contribution < 1.29 is 26.2 Å². The van der Waals surface area contributed by atoms with E-state index in [1.54, 1.807) is 6.07 Å². The first kappa shape index (κ1) is 44.7. The average Bonchev–Trinajstić information content (AvgIpc) is 4.05. The van der Waals surface area contributed by atoms with Crippen molar-refractivity contribution in [3.63, 3.8) is 0 Å². The molecule has 0 spiro atoms. The van der Waals surface area contributed by atoms with Crippen LogP contribution in [0.5, 0.6) is 5.75 Å². The smallest absolute Gasteiger partial charge is 0.148 e. The summed E-state index contributed by atoms with van der Waals surface area (Å²) in [6.45, 7) is 4.58. The quantitative estimate of drug-likeness (QED) is 0.131. The summed E-state index contributed by atoms with van der Waals surface area (Å²) in [5.74, 6) is 1.57. The third kappa shape index (κ3) is 8.78. The Balaban J connectivity index is 0.00000539. The van der Waals surface area contributed by atoms with Crippen molar-refractivity contribution in [1.82, 2.24) is 14.5 Å². The summed E-state index contributed by atoms with van der Waals surface area (Å²) >= 11 is 0. The molecule has 0 unspecified atom stereocenters. The van der Waals surface area contributed by atoms with Crippen molar-refractivity contribution in [2.24, 2.45) is 5.92 Å². The summed E-state index contributed by atoms with van der Waals surface area (Å²) < 4.78 is 2.25. The van der Waals surface area contributed by atoms with E-state index in [-0.39, 0.29) is 32.2 Å². The zero-order valence-corrected chi connectivity index (χ0v) is 40.6. The summed E-state index contributed by atoms with van der Waals surface area (Å²) in [4.78, 5) is 10.5. The zero-order chi connectivity index (χ0) is 45.3. The van der Waals surface area contributed by atoms with Gasteiger partial charge in [-0.3, -0.25) is 9.55 Å². The van der Waals surface area contributed by atoms with E-state index in [9.17, 15) is 5.11 Å². The number of para-hydroxylation sites is 2. The number of phenols is 1. The molecule has 2 heterocycles. The van der Waals surface area contributed by atoms with Gasteiger partial charge < -0.3 is 5.11 Å². The maximum atomic E-state index is 11.5. The predicted octanol–water partition coefficient (Wildman–Crippen LogP) is 16.0. The fourth-order valence-corrected chi connectivity index (χ4v) is 10.2. The van der Waals surface area contributed by atoms with E-state index < -0.39 is 0 Å². The second-order valence-corrected chi connectivity index (χ2v) is 18.6. The monoisotopic (exact) mass is 1060 g/mol. The van der Waals surface area contributed by atoms with Gasteiger partial charge in [-0.15, -0.1) is 23.8 Å². The molecule has 0 bridgehead atoms. The van der Waals surface area contributed by atoms with Gasteiger partial charge in [-0.1, -0.05) is 208 Å². The SMILES string of the molecule is CC(C)(c1ccccc1)c1cccc(-c2ccnc(-c3[c-]c(-c4cccc5c4nc(-c4ccccc4O)n5-c4ccc(CC5CCCC5)cc4-c4ccccc4)cc(-c4ccccc4)c3)c2)c1.[Pt]. The number of benzene rings is 8. The van der Waals surface area contributed by atoms with Crippen LogP contribution in [0.25, 0.3) is 83.9 Å². The zero-order valence-electron chi connectivity index (χ0n) is 38.3. The maximum Gasteiger partial charge on any atom is 0.148 e. The number of aromatic nitrogens is 3. The van der Waals surface area contributed by atoms with Gasteiger partial charge in [-0.05, 0) is 87.7 Å². The number of imidazole rings is 1. The van der Waals surface area contributed by atoms with Crippen LogP contribution in [0.4, 0.5) is 0 Å². The van der Waals surface area contributed by atoms with Crippen molar-refractivity contribution in [1.29, 1.82) is 0 Å². The number of phenolic OH excluding ortho intramolecular Hbond substituents is 1. The number of rotatable bonds is 11. The molecule has 1 aliphatic carbocycles. The molecule has 2 aromatic heterocycles. The summed E-state index contributed by atoms with van der Waals surface area (Å²) in [6.07, 6.45) is 8.21. The van der Waals surface area contributed by atoms with Gasteiger partial charge in [-0.2, -0.15) is 0 Å². The molecule has 5 heteroatoms. The number of pyridine rings is 1. The van der Waals surface area contributed by atoms with Gasteiger partial charge >= 0.3 is 0 Å². The van der Waals surface area contributed by atoms with E-state index in [4.69, 9.17) is 9.97 Å². The van der Waals surface area contributed by atoms with E-state index >= 15 is 0 Å². The van der Waals surface area contributed by atoms with Crippen molar-refractivity contribution >= 4 is 11.0 Å². The first-order valence-corrected chi connectivity index (χ1v) is 23.6. The van der Waals surface area contributed by atoms with Gasteiger partial charge in [0.15, 0.2) is 0 Å². The van der Waals surface area contributed by atoms with Crippen LogP contribution in [0.2, 0.25) is 0 Å². The largest absolute Gasteiger partial charge is 0.507 e. The molecule has 1 saturated carbocycles. The van der Waals surface area contributed by atoms with Crippen LogP contribution in [0, 0.1) is 12.0 Å². The average molecular weight is 1060 g/mol. The molecule has 0 atom stereocenters. The van der Waals surface area contributed by atoms with Crippen molar-refractivity contribution in [2.45, 2.75) is 51.4 Å². The van der Waals surface area contributed by atoms with Gasteiger partial charge in [0.2, 0.25) is 0 Å². The van der Waals surface area contributed by atoms with Crippen molar-refractivity contribution in [3.05, 3.63) is 229 Å². The summed E-state index contributed by atoms with van der Waals surface area (Å²) in [7, 11) is 0. The van der Waals surface area contributed by atoms with E-state index in [1.165, 1.54) is 42.4 Å². The Labute approximate surface area is 414 Å². The minimum atomic E-state index is -0.172. The molecule has 8 aromatic carbocycles. The normalized spacial score (nSPS) is 12.9. The van der Waals surface area contributed by atoms with Crippen molar-refractivity contribution in [2.75, 3.05) is 0 Å². The predicted molar refractivity (Wildman–Crippen MR) is 276 cm³/mol. The Bertz CT molecular complexity index is 3370. The minimum Gasteiger partial charge on any atom is -0.507 e. The van der Waals surface area contributed by atoms with E-state index in [0.717, 1.165) is 84.8 Å². The molecule has 1 N–H and O–H groups in total. The molecule has 11 rings (SSSR count). The van der Waals surface area contributed by atoms with Crippen LogP contribution >= 0.6 is 0 Å². The maximum absolute atomic E-state index is 11.5. The van der Waals surface area contributed by atoms with Crippen LogP contribution in [0.3, 0.4) is 0 Å². The molecule has 10 aromatic rings. The number of nitrogens with zero attached hydrogens (tertiary/aromatic N) is 3. The molecule has 1 aliphatic rings. The van der Waals surface area contributed by atoms with Crippen LogP contribution < -0.4 is 0 Å². The van der Waals surface area contributed by atoms with E-state index in [2.05, 4.69) is 200 Å². The second kappa shape index (κ2) is 19.2. The topological polar surface area (TPSA) is 50.9 Å².